The summed E-state index contributed by atoms with van der Waals surface area (Å²) in [6, 6.07) is 12.7. The molecule has 0 radical (unpaired) electrons. The van der Waals surface area contributed by atoms with E-state index in [0.717, 1.165) is 5.75 Å². The molecule has 106 valence electrons. The van der Waals surface area contributed by atoms with E-state index in [2.05, 4.69) is 37.3 Å². The van der Waals surface area contributed by atoms with E-state index < -0.39 is 0 Å². The molecule has 2 aromatic carbocycles. The van der Waals surface area contributed by atoms with Crippen LogP contribution in [0.1, 0.15) is 43.5 Å². The minimum atomic E-state index is 0.108. The van der Waals surface area contributed by atoms with Gasteiger partial charge in [-0.2, -0.15) is 0 Å². The van der Waals surface area contributed by atoms with E-state index in [1.54, 1.807) is 7.11 Å². The molecule has 0 spiro atoms. The Morgan fingerprint density at radius 1 is 1.05 bits per heavy atom. The van der Waals surface area contributed by atoms with Crippen LogP contribution in [0.3, 0.4) is 0 Å². The third-order valence-corrected chi connectivity index (χ3v) is 5.50. The summed E-state index contributed by atoms with van der Waals surface area (Å²) in [5, 5.41) is 2.54. The fourth-order valence-corrected chi connectivity index (χ4v) is 3.72. The van der Waals surface area contributed by atoms with Gasteiger partial charge in [0.1, 0.15) is 5.75 Å². The lowest BCUT2D eigenvalue weighted by Gasteiger charge is -2.30. The molecule has 2 aromatic rings. The quantitative estimate of drug-likeness (QED) is 0.657. The fraction of sp³-hybridized carbons (Fsp3) is 0.444. The van der Waals surface area contributed by atoms with Gasteiger partial charge in [0, 0.05) is 0 Å². The summed E-state index contributed by atoms with van der Waals surface area (Å²) in [6.07, 6.45) is 5.10. The van der Waals surface area contributed by atoms with Crippen LogP contribution in [0.5, 0.6) is 5.75 Å². The van der Waals surface area contributed by atoms with Crippen LogP contribution in [-0.4, -0.2) is 7.11 Å². The molecule has 1 nitrogen and oxygen atoms in total. The summed E-state index contributed by atoms with van der Waals surface area (Å²) >= 11 is 6.79. The van der Waals surface area contributed by atoms with E-state index >= 15 is 0 Å². The molecule has 1 atom stereocenters. The van der Waals surface area contributed by atoms with E-state index in [0.29, 0.717) is 0 Å². The SMILES string of the molecule is COc1ccc2cc(C(Cl)C3(C)CCCC3)ccc2c1. The number of methoxy groups -OCH3 is 1. The van der Waals surface area contributed by atoms with Crippen LogP contribution in [0.4, 0.5) is 0 Å². The van der Waals surface area contributed by atoms with Crippen molar-refractivity contribution in [2.75, 3.05) is 7.11 Å². The molecular formula is C18H21ClO. The largest absolute Gasteiger partial charge is 0.497 e. The lowest BCUT2D eigenvalue weighted by atomic mass is 9.81. The van der Waals surface area contributed by atoms with E-state index in [1.807, 2.05) is 6.07 Å². The highest BCUT2D eigenvalue weighted by Crippen LogP contribution is 2.50. The first-order chi connectivity index (χ1) is 9.62. The molecule has 3 rings (SSSR count). The highest BCUT2D eigenvalue weighted by Gasteiger charge is 2.36. The first kappa shape index (κ1) is 13.8. The molecule has 0 bridgehead atoms. The minimum Gasteiger partial charge on any atom is -0.497 e. The van der Waals surface area contributed by atoms with Crippen molar-refractivity contribution in [2.45, 2.75) is 38.0 Å². The van der Waals surface area contributed by atoms with Gasteiger partial charge in [-0.05, 0) is 52.8 Å². The standard InChI is InChI=1S/C18H21ClO/c1-18(9-3-4-10-18)17(19)15-6-5-14-12-16(20-2)8-7-13(14)11-15/h5-8,11-12,17H,3-4,9-10H2,1-2H3. The Labute approximate surface area is 125 Å². The van der Waals surface area contributed by atoms with E-state index in [4.69, 9.17) is 16.3 Å². The van der Waals surface area contributed by atoms with Crippen molar-refractivity contribution >= 4 is 22.4 Å². The maximum Gasteiger partial charge on any atom is 0.119 e. The first-order valence-electron chi connectivity index (χ1n) is 7.34. The molecule has 1 aliphatic carbocycles. The number of halogens is 1. The predicted octanol–water partition coefficient (Wildman–Crippen LogP) is 5.71. The fourth-order valence-electron chi connectivity index (χ4n) is 3.37. The van der Waals surface area contributed by atoms with Crippen molar-refractivity contribution in [1.29, 1.82) is 0 Å². The van der Waals surface area contributed by atoms with Crippen LogP contribution in [0.25, 0.3) is 10.8 Å². The van der Waals surface area contributed by atoms with Crippen LogP contribution >= 0.6 is 11.6 Å². The zero-order chi connectivity index (χ0) is 14.2. The third kappa shape index (κ3) is 2.40. The van der Waals surface area contributed by atoms with Crippen LogP contribution < -0.4 is 4.74 Å². The number of benzene rings is 2. The highest BCUT2D eigenvalue weighted by molar-refractivity contribution is 6.21. The summed E-state index contributed by atoms with van der Waals surface area (Å²) in [5.74, 6) is 0.899. The van der Waals surface area contributed by atoms with Gasteiger partial charge in [0.2, 0.25) is 0 Å². The third-order valence-electron chi connectivity index (χ3n) is 4.72. The molecule has 1 fully saturated rings. The first-order valence-corrected chi connectivity index (χ1v) is 7.78. The van der Waals surface area contributed by atoms with Crippen molar-refractivity contribution in [3.8, 4) is 5.75 Å². The van der Waals surface area contributed by atoms with Gasteiger partial charge in [0.05, 0.1) is 12.5 Å². The van der Waals surface area contributed by atoms with Crippen molar-refractivity contribution in [3.05, 3.63) is 42.0 Å². The summed E-state index contributed by atoms with van der Waals surface area (Å²) in [7, 11) is 1.70. The number of rotatable bonds is 3. The number of ether oxygens (including phenoxy) is 1. The van der Waals surface area contributed by atoms with Gasteiger partial charge < -0.3 is 4.74 Å². The molecule has 0 aliphatic heterocycles. The molecule has 0 N–H and O–H groups in total. The zero-order valence-electron chi connectivity index (χ0n) is 12.2. The highest BCUT2D eigenvalue weighted by atomic mass is 35.5. The molecule has 0 amide bonds. The van der Waals surface area contributed by atoms with Gasteiger partial charge in [-0.1, -0.05) is 38.0 Å². The molecule has 0 heterocycles. The summed E-state index contributed by atoms with van der Waals surface area (Å²) in [5.41, 5.74) is 1.50. The molecule has 20 heavy (non-hydrogen) atoms. The van der Waals surface area contributed by atoms with Crippen molar-refractivity contribution < 1.29 is 4.74 Å². The lowest BCUT2D eigenvalue weighted by Crippen LogP contribution is -2.17. The number of fused-ring (bicyclic) bond motifs is 1. The maximum atomic E-state index is 6.79. The second-order valence-electron chi connectivity index (χ2n) is 6.20. The smallest absolute Gasteiger partial charge is 0.119 e. The van der Waals surface area contributed by atoms with Crippen LogP contribution in [0, 0.1) is 5.41 Å². The number of hydrogen-bond acceptors (Lipinski definition) is 1. The Morgan fingerprint density at radius 2 is 1.70 bits per heavy atom. The van der Waals surface area contributed by atoms with Crippen LogP contribution in [0.2, 0.25) is 0 Å². The predicted molar refractivity (Wildman–Crippen MR) is 85.7 cm³/mol. The zero-order valence-corrected chi connectivity index (χ0v) is 12.9. The Hall–Kier alpha value is -1.21. The summed E-state index contributed by atoms with van der Waals surface area (Å²) in [4.78, 5) is 0. The molecule has 2 heteroatoms. The normalized spacial score (nSPS) is 19.1. The summed E-state index contributed by atoms with van der Waals surface area (Å²) < 4.78 is 5.27. The monoisotopic (exact) mass is 288 g/mol. The van der Waals surface area contributed by atoms with Gasteiger partial charge in [-0.3, -0.25) is 0 Å². The van der Waals surface area contributed by atoms with Crippen molar-refractivity contribution in [1.82, 2.24) is 0 Å². The number of alkyl halides is 1. The van der Waals surface area contributed by atoms with Gasteiger partial charge in [0.15, 0.2) is 0 Å². The Bertz CT molecular complexity index is 614. The molecular weight excluding hydrogens is 268 g/mol. The number of hydrogen-bond donors (Lipinski definition) is 0. The lowest BCUT2D eigenvalue weighted by molar-refractivity contribution is 0.322. The van der Waals surface area contributed by atoms with E-state index in [-0.39, 0.29) is 10.8 Å². The average Bonchev–Trinajstić information content (AvgIpc) is 2.93. The van der Waals surface area contributed by atoms with Gasteiger partial charge in [0.25, 0.3) is 0 Å². The van der Waals surface area contributed by atoms with Crippen molar-refractivity contribution in [3.63, 3.8) is 0 Å². The van der Waals surface area contributed by atoms with E-state index in [9.17, 15) is 0 Å². The van der Waals surface area contributed by atoms with Gasteiger partial charge in [-0.25, -0.2) is 0 Å². The topological polar surface area (TPSA) is 9.23 Å². The Kier molecular flexibility index (Phi) is 3.64. The maximum absolute atomic E-state index is 6.79. The van der Waals surface area contributed by atoms with Gasteiger partial charge >= 0.3 is 0 Å². The second kappa shape index (κ2) is 5.29. The molecule has 0 saturated heterocycles. The molecule has 1 aliphatic rings. The molecule has 1 unspecified atom stereocenters. The Balaban J connectivity index is 1.96. The second-order valence-corrected chi connectivity index (χ2v) is 6.63. The Morgan fingerprint density at radius 3 is 2.40 bits per heavy atom. The average molecular weight is 289 g/mol. The van der Waals surface area contributed by atoms with Crippen LogP contribution in [-0.2, 0) is 0 Å². The summed E-state index contributed by atoms with van der Waals surface area (Å²) in [6.45, 7) is 2.33. The molecule has 0 aromatic heterocycles. The van der Waals surface area contributed by atoms with Crippen LogP contribution in [0.15, 0.2) is 36.4 Å². The van der Waals surface area contributed by atoms with Crippen molar-refractivity contribution in [2.24, 2.45) is 5.41 Å². The van der Waals surface area contributed by atoms with E-state index in [1.165, 1.54) is 42.0 Å². The molecule has 1 saturated carbocycles. The minimum absolute atomic E-state index is 0.108. The van der Waals surface area contributed by atoms with Gasteiger partial charge in [-0.15, -0.1) is 11.6 Å².